The molecular formula is C13H26N2O2. The molecule has 3 atom stereocenters. The summed E-state index contributed by atoms with van der Waals surface area (Å²) >= 11 is 0. The van der Waals surface area contributed by atoms with E-state index in [0.717, 1.165) is 19.3 Å². The Morgan fingerprint density at radius 2 is 2.12 bits per heavy atom. The van der Waals surface area contributed by atoms with E-state index in [9.17, 15) is 9.90 Å². The van der Waals surface area contributed by atoms with Crippen LogP contribution in [0, 0.1) is 5.41 Å². The van der Waals surface area contributed by atoms with E-state index in [4.69, 9.17) is 5.73 Å². The highest BCUT2D eigenvalue weighted by molar-refractivity contribution is 5.77. The fraction of sp³-hybridized carbons (Fsp3) is 0.923. The van der Waals surface area contributed by atoms with E-state index in [1.165, 1.54) is 0 Å². The first-order valence-electron chi connectivity index (χ1n) is 6.52. The van der Waals surface area contributed by atoms with Crippen LogP contribution in [0.25, 0.3) is 0 Å². The highest BCUT2D eigenvalue weighted by atomic mass is 16.3. The highest BCUT2D eigenvalue weighted by Gasteiger charge is 2.26. The third-order valence-electron chi connectivity index (χ3n) is 3.53. The Kier molecular flexibility index (Phi) is 4.95. The number of carbonyl (C=O) groups excluding carboxylic acids is 1. The summed E-state index contributed by atoms with van der Waals surface area (Å²) in [5, 5.41) is 12.5. The van der Waals surface area contributed by atoms with Gasteiger partial charge in [0, 0.05) is 18.5 Å². The van der Waals surface area contributed by atoms with Gasteiger partial charge in [-0.2, -0.15) is 0 Å². The number of aliphatic hydroxyl groups is 1. The van der Waals surface area contributed by atoms with Crippen molar-refractivity contribution in [3.05, 3.63) is 0 Å². The van der Waals surface area contributed by atoms with Crippen LogP contribution in [0.15, 0.2) is 0 Å². The smallest absolute Gasteiger partial charge is 0.221 e. The van der Waals surface area contributed by atoms with Crippen LogP contribution >= 0.6 is 0 Å². The van der Waals surface area contributed by atoms with Crippen molar-refractivity contribution in [2.75, 3.05) is 0 Å². The molecule has 4 nitrogen and oxygen atoms in total. The largest absolute Gasteiger partial charge is 0.393 e. The maximum atomic E-state index is 11.8. The average molecular weight is 242 g/mol. The Morgan fingerprint density at radius 3 is 2.65 bits per heavy atom. The van der Waals surface area contributed by atoms with Crippen LogP contribution in [0.3, 0.4) is 0 Å². The lowest BCUT2D eigenvalue weighted by atomic mass is 9.85. The standard InChI is InChI=1S/C13H26N2O2/c1-13(2,3)11(14)8-12(17)15-9-5-4-6-10(16)7-9/h9-11,16H,4-8,14H2,1-3H3,(H,15,17). The Balaban J connectivity index is 2.34. The predicted octanol–water partition coefficient (Wildman–Crippen LogP) is 1.17. The summed E-state index contributed by atoms with van der Waals surface area (Å²) < 4.78 is 0. The number of carbonyl (C=O) groups is 1. The van der Waals surface area contributed by atoms with Gasteiger partial charge in [-0.25, -0.2) is 0 Å². The summed E-state index contributed by atoms with van der Waals surface area (Å²) in [6.07, 6.45) is 3.58. The number of amides is 1. The number of nitrogens with two attached hydrogens (primary N) is 1. The Hall–Kier alpha value is -0.610. The van der Waals surface area contributed by atoms with Crippen molar-refractivity contribution < 1.29 is 9.90 Å². The van der Waals surface area contributed by atoms with Crippen LogP contribution < -0.4 is 11.1 Å². The van der Waals surface area contributed by atoms with Gasteiger partial charge >= 0.3 is 0 Å². The van der Waals surface area contributed by atoms with E-state index in [1.807, 2.05) is 20.8 Å². The maximum absolute atomic E-state index is 11.8. The zero-order chi connectivity index (χ0) is 13.1. The van der Waals surface area contributed by atoms with Crippen molar-refractivity contribution in [1.82, 2.24) is 5.32 Å². The summed E-state index contributed by atoms with van der Waals surface area (Å²) in [5.74, 6) is 0.00604. The fourth-order valence-electron chi connectivity index (χ4n) is 2.09. The molecular weight excluding hydrogens is 216 g/mol. The summed E-state index contributed by atoms with van der Waals surface area (Å²) in [4.78, 5) is 11.8. The molecule has 3 unspecified atom stereocenters. The molecule has 0 aromatic carbocycles. The molecule has 1 aliphatic rings. The molecule has 0 aromatic heterocycles. The van der Waals surface area contributed by atoms with Gasteiger partial charge in [-0.05, 0) is 31.1 Å². The molecule has 1 aliphatic carbocycles. The van der Waals surface area contributed by atoms with Crippen LogP contribution in [-0.2, 0) is 4.79 Å². The minimum atomic E-state index is -0.259. The van der Waals surface area contributed by atoms with Gasteiger partial charge in [-0.1, -0.05) is 20.8 Å². The lowest BCUT2D eigenvalue weighted by molar-refractivity contribution is -0.123. The molecule has 0 aliphatic heterocycles. The number of rotatable bonds is 3. The molecule has 4 heteroatoms. The Morgan fingerprint density at radius 1 is 1.47 bits per heavy atom. The van der Waals surface area contributed by atoms with Gasteiger partial charge in [0.1, 0.15) is 0 Å². The van der Waals surface area contributed by atoms with E-state index in [2.05, 4.69) is 5.32 Å². The van der Waals surface area contributed by atoms with Crippen molar-refractivity contribution in [3.63, 3.8) is 0 Å². The highest BCUT2D eigenvalue weighted by Crippen LogP contribution is 2.21. The Labute approximate surface area is 104 Å². The number of hydrogen-bond donors (Lipinski definition) is 3. The monoisotopic (exact) mass is 242 g/mol. The van der Waals surface area contributed by atoms with Crippen molar-refractivity contribution in [2.24, 2.45) is 11.1 Å². The van der Waals surface area contributed by atoms with Gasteiger partial charge in [0.25, 0.3) is 0 Å². The normalized spacial score (nSPS) is 27.6. The molecule has 0 spiro atoms. The first-order valence-corrected chi connectivity index (χ1v) is 6.52. The lowest BCUT2D eigenvalue weighted by Gasteiger charge is -2.29. The molecule has 100 valence electrons. The minimum absolute atomic E-state index is 0.00604. The zero-order valence-corrected chi connectivity index (χ0v) is 11.2. The molecule has 1 fully saturated rings. The quantitative estimate of drug-likeness (QED) is 0.695. The Bertz CT molecular complexity index is 261. The molecule has 17 heavy (non-hydrogen) atoms. The van der Waals surface area contributed by atoms with Crippen molar-refractivity contribution >= 4 is 5.91 Å². The molecule has 1 saturated carbocycles. The first-order chi connectivity index (χ1) is 7.79. The van der Waals surface area contributed by atoms with Crippen LogP contribution in [0.2, 0.25) is 0 Å². The molecule has 0 saturated heterocycles. The zero-order valence-electron chi connectivity index (χ0n) is 11.2. The van der Waals surface area contributed by atoms with Crippen LogP contribution in [0.1, 0.15) is 52.9 Å². The fourth-order valence-corrected chi connectivity index (χ4v) is 2.09. The second-order valence-corrected chi connectivity index (χ2v) is 6.26. The second kappa shape index (κ2) is 5.83. The first kappa shape index (κ1) is 14.5. The molecule has 0 radical (unpaired) electrons. The average Bonchev–Trinajstić information content (AvgIpc) is 2.15. The van der Waals surface area contributed by atoms with Gasteiger partial charge in [-0.3, -0.25) is 4.79 Å². The summed E-state index contributed by atoms with van der Waals surface area (Å²) in [5.41, 5.74) is 5.92. The van der Waals surface area contributed by atoms with Gasteiger partial charge in [0.15, 0.2) is 0 Å². The molecule has 0 heterocycles. The number of hydrogen-bond acceptors (Lipinski definition) is 3. The van der Waals surface area contributed by atoms with Crippen molar-refractivity contribution in [1.29, 1.82) is 0 Å². The lowest BCUT2D eigenvalue weighted by Crippen LogP contribution is -2.44. The maximum Gasteiger partial charge on any atom is 0.221 e. The molecule has 4 N–H and O–H groups in total. The van der Waals surface area contributed by atoms with Crippen LogP contribution in [0.4, 0.5) is 0 Å². The number of aliphatic hydroxyl groups excluding tert-OH is 1. The van der Waals surface area contributed by atoms with Gasteiger partial charge in [0.2, 0.25) is 5.91 Å². The third-order valence-corrected chi connectivity index (χ3v) is 3.53. The van der Waals surface area contributed by atoms with E-state index >= 15 is 0 Å². The summed E-state index contributed by atoms with van der Waals surface area (Å²) in [6, 6.07) is -0.00516. The second-order valence-electron chi connectivity index (χ2n) is 6.26. The van der Waals surface area contributed by atoms with Crippen LogP contribution in [-0.4, -0.2) is 29.2 Å². The summed E-state index contributed by atoms with van der Waals surface area (Å²) in [7, 11) is 0. The molecule has 0 bridgehead atoms. The van der Waals surface area contributed by atoms with E-state index in [1.54, 1.807) is 0 Å². The van der Waals surface area contributed by atoms with E-state index in [0.29, 0.717) is 12.8 Å². The summed E-state index contributed by atoms with van der Waals surface area (Å²) in [6.45, 7) is 6.11. The third kappa shape index (κ3) is 5.04. The minimum Gasteiger partial charge on any atom is -0.393 e. The number of nitrogens with one attached hydrogen (secondary N) is 1. The van der Waals surface area contributed by atoms with Gasteiger partial charge in [0.05, 0.1) is 6.10 Å². The van der Waals surface area contributed by atoms with E-state index < -0.39 is 0 Å². The van der Waals surface area contributed by atoms with Crippen molar-refractivity contribution in [3.8, 4) is 0 Å². The van der Waals surface area contributed by atoms with E-state index in [-0.39, 0.29) is 29.5 Å². The molecule has 1 amide bonds. The van der Waals surface area contributed by atoms with Crippen LogP contribution in [0.5, 0.6) is 0 Å². The molecule has 1 rings (SSSR count). The topological polar surface area (TPSA) is 75.4 Å². The molecule has 0 aromatic rings. The van der Waals surface area contributed by atoms with Crippen molar-refractivity contribution in [2.45, 2.75) is 71.1 Å². The van der Waals surface area contributed by atoms with Gasteiger partial charge < -0.3 is 16.2 Å². The predicted molar refractivity (Wildman–Crippen MR) is 68.5 cm³/mol. The SMILES string of the molecule is CC(C)(C)C(N)CC(=O)NC1CCCC(O)C1. The van der Waals surface area contributed by atoms with Gasteiger partial charge in [-0.15, -0.1) is 0 Å².